The monoisotopic (exact) mass is 594 g/mol. The molecular weight excluding hydrogens is 563 g/mol. The molecule has 0 aliphatic carbocycles. The van der Waals surface area contributed by atoms with Crippen molar-refractivity contribution in [2.24, 2.45) is 0 Å². The van der Waals surface area contributed by atoms with E-state index in [0.29, 0.717) is 22.6 Å². The van der Waals surface area contributed by atoms with E-state index in [1.807, 2.05) is 0 Å². The first-order chi connectivity index (χ1) is 19.0. The fourth-order valence-electron chi connectivity index (χ4n) is 3.02. The van der Waals surface area contributed by atoms with Crippen molar-refractivity contribution in [2.75, 3.05) is 34.4 Å². The molecule has 41 heavy (non-hydrogen) atoms. The molecule has 13 nitrogen and oxygen atoms in total. The highest BCUT2D eigenvalue weighted by atomic mass is 19.4. The van der Waals surface area contributed by atoms with Gasteiger partial charge in [0.2, 0.25) is 0 Å². The van der Waals surface area contributed by atoms with Gasteiger partial charge in [0.15, 0.2) is 16.9 Å². The van der Waals surface area contributed by atoms with E-state index in [-0.39, 0.29) is 18.8 Å². The Bertz CT molecular complexity index is 1310. The Kier molecular flexibility index (Phi) is 11.1. The fraction of sp³-hybridized carbons (Fsp3) is 0.565. The summed E-state index contributed by atoms with van der Waals surface area (Å²) in [4.78, 5) is 29.2. The molecule has 3 amide bonds. The van der Waals surface area contributed by atoms with Crippen molar-refractivity contribution in [3.05, 3.63) is 41.1 Å². The number of halogens is 5. The maximum atomic E-state index is 13.5. The third kappa shape index (κ3) is 9.31. The summed E-state index contributed by atoms with van der Waals surface area (Å²) in [5.74, 6) is -3.44. The Morgan fingerprint density at radius 2 is 1.88 bits per heavy atom. The van der Waals surface area contributed by atoms with Crippen LogP contribution in [0.3, 0.4) is 0 Å². The molecule has 0 bridgehead atoms. The lowest BCUT2D eigenvalue weighted by atomic mass is 10.1. The molecule has 0 radical (unpaired) electrons. The average molecular weight is 595 g/mol. The molecule has 0 aromatic carbocycles. The molecular formula is C23H31F5N8O5. The lowest BCUT2D eigenvalue weighted by Crippen LogP contribution is -2.56. The molecule has 4 rings (SSSR count). The van der Waals surface area contributed by atoms with Crippen molar-refractivity contribution in [1.29, 1.82) is 0 Å². The molecule has 0 saturated carbocycles. The van der Waals surface area contributed by atoms with Crippen molar-refractivity contribution in [1.82, 2.24) is 40.4 Å². The minimum Gasteiger partial charge on any atom is -0.388 e. The Balaban J connectivity index is 0.000000416. The molecule has 228 valence electrons. The third-order valence-corrected chi connectivity index (χ3v) is 5.50. The predicted molar refractivity (Wildman–Crippen MR) is 132 cm³/mol. The standard InChI is InChI=1S/C16H16F2N8O3.C5H9F3O.C2H6O/c1-9-13(24-29-23-9)14(27)19-4-11-6-26-12(22-11)2-10(3-21-26)5-25-8-16(17,18)7-20-15(25)28;1-4(2,9-3)5(6,7)8;1-3-2/h2-3,6H,4-5,7-8H2,1H3,(H,19,27)(H,20,28);1-3H3;1-2H3. The van der Waals surface area contributed by atoms with Crippen LogP contribution < -0.4 is 10.6 Å². The van der Waals surface area contributed by atoms with Crippen LogP contribution in [0.15, 0.2) is 23.1 Å². The second kappa shape index (κ2) is 13.6. The van der Waals surface area contributed by atoms with Gasteiger partial charge in [-0.15, -0.1) is 0 Å². The highest BCUT2D eigenvalue weighted by Gasteiger charge is 2.47. The van der Waals surface area contributed by atoms with Gasteiger partial charge in [-0.2, -0.15) is 18.3 Å². The summed E-state index contributed by atoms with van der Waals surface area (Å²) in [7, 11) is 4.29. The van der Waals surface area contributed by atoms with Crippen molar-refractivity contribution < 1.29 is 45.6 Å². The molecule has 1 fully saturated rings. The third-order valence-electron chi connectivity index (χ3n) is 5.50. The number of ether oxygens (including phenoxy) is 2. The summed E-state index contributed by atoms with van der Waals surface area (Å²) in [5, 5.41) is 16.1. The zero-order valence-electron chi connectivity index (χ0n) is 23.2. The summed E-state index contributed by atoms with van der Waals surface area (Å²) < 4.78 is 76.6. The number of amides is 3. The van der Waals surface area contributed by atoms with E-state index in [2.05, 4.69) is 45.1 Å². The van der Waals surface area contributed by atoms with Gasteiger partial charge in [-0.25, -0.2) is 27.7 Å². The highest BCUT2D eigenvalue weighted by Crippen LogP contribution is 2.31. The number of carbonyl (C=O) groups excluding carboxylic acids is 2. The summed E-state index contributed by atoms with van der Waals surface area (Å²) in [6.07, 6.45) is -1.18. The minimum absolute atomic E-state index is 0.0255. The van der Waals surface area contributed by atoms with E-state index in [1.54, 1.807) is 33.4 Å². The first kappa shape index (κ1) is 33.3. The lowest BCUT2D eigenvalue weighted by molar-refractivity contribution is -0.255. The maximum Gasteiger partial charge on any atom is 0.416 e. The topological polar surface area (TPSA) is 149 Å². The molecule has 0 spiro atoms. The molecule has 3 aromatic rings. The van der Waals surface area contributed by atoms with Crippen LogP contribution in [0.2, 0.25) is 0 Å². The van der Waals surface area contributed by atoms with Gasteiger partial charge in [-0.3, -0.25) is 4.79 Å². The van der Waals surface area contributed by atoms with E-state index >= 15 is 0 Å². The van der Waals surface area contributed by atoms with E-state index in [1.165, 1.54) is 10.7 Å². The van der Waals surface area contributed by atoms with Crippen molar-refractivity contribution in [3.8, 4) is 0 Å². The van der Waals surface area contributed by atoms with Crippen LogP contribution in [0.4, 0.5) is 26.7 Å². The number of hydrogen-bond acceptors (Lipinski definition) is 9. The van der Waals surface area contributed by atoms with Crippen LogP contribution in [0.1, 0.15) is 41.3 Å². The van der Waals surface area contributed by atoms with Crippen molar-refractivity contribution in [2.45, 2.75) is 51.6 Å². The van der Waals surface area contributed by atoms with Gasteiger partial charge in [-0.1, -0.05) is 5.16 Å². The van der Waals surface area contributed by atoms with Gasteiger partial charge in [0, 0.05) is 27.9 Å². The van der Waals surface area contributed by atoms with Crippen LogP contribution in [0, 0.1) is 6.92 Å². The SMILES string of the molecule is COC.COC(C)(C)C(F)(F)F.Cc1nonc1C(=O)NCc1cn2ncc(CN3CC(F)(F)CNC3=O)cc2n1. The minimum atomic E-state index is -4.28. The maximum absolute atomic E-state index is 13.5. The molecule has 1 aliphatic heterocycles. The number of hydrogen-bond donors (Lipinski definition) is 2. The number of imidazole rings is 1. The summed E-state index contributed by atoms with van der Waals surface area (Å²) in [6, 6.07) is 1.09. The molecule has 4 heterocycles. The van der Waals surface area contributed by atoms with Gasteiger partial charge in [-0.05, 0) is 37.6 Å². The van der Waals surface area contributed by atoms with E-state index in [0.717, 1.165) is 25.9 Å². The summed E-state index contributed by atoms with van der Waals surface area (Å²) in [5.41, 5.74) is -0.0279. The Labute approximate surface area is 231 Å². The second-order valence-electron chi connectivity index (χ2n) is 9.27. The molecule has 1 aliphatic rings. The molecule has 0 atom stereocenters. The number of aryl methyl sites for hydroxylation is 1. The zero-order valence-corrected chi connectivity index (χ0v) is 23.2. The van der Waals surface area contributed by atoms with Gasteiger partial charge >= 0.3 is 12.2 Å². The molecule has 18 heteroatoms. The fourth-order valence-corrected chi connectivity index (χ4v) is 3.02. The highest BCUT2D eigenvalue weighted by molar-refractivity contribution is 5.92. The van der Waals surface area contributed by atoms with Crippen molar-refractivity contribution in [3.63, 3.8) is 0 Å². The van der Waals surface area contributed by atoms with E-state index in [9.17, 15) is 31.5 Å². The van der Waals surface area contributed by atoms with Crippen LogP contribution in [-0.2, 0) is 22.6 Å². The average Bonchev–Trinajstić information content (AvgIpc) is 3.50. The number of nitrogens with one attached hydrogen (secondary N) is 2. The number of alkyl halides is 5. The number of fused-ring (bicyclic) bond motifs is 1. The second-order valence-corrected chi connectivity index (χ2v) is 9.27. The number of nitrogens with zero attached hydrogens (tertiary/aromatic N) is 6. The molecule has 2 N–H and O–H groups in total. The zero-order chi connectivity index (χ0) is 31.0. The Morgan fingerprint density at radius 1 is 1.22 bits per heavy atom. The number of carbonyl (C=O) groups is 2. The van der Waals surface area contributed by atoms with Gasteiger partial charge < -0.3 is 25.0 Å². The number of rotatable bonds is 6. The quantitative estimate of drug-likeness (QED) is 0.411. The molecule has 3 aromatic heterocycles. The van der Waals surface area contributed by atoms with Crippen LogP contribution >= 0.6 is 0 Å². The van der Waals surface area contributed by atoms with Crippen LogP contribution in [0.5, 0.6) is 0 Å². The van der Waals surface area contributed by atoms with E-state index < -0.39 is 42.7 Å². The van der Waals surface area contributed by atoms with E-state index in [4.69, 9.17) is 0 Å². The largest absolute Gasteiger partial charge is 0.416 e. The first-order valence-electron chi connectivity index (χ1n) is 11.9. The summed E-state index contributed by atoms with van der Waals surface area (Å²) >= 11 is 0. The Morgan fingerprint density at radius 3 is 2.41 bits per heavy atom. The number of urea groups is 1. The van der Waals surface area contributed by atoms with Crippen LogP contribution in [-0.4, -0.2) is 93.9 Å². The van der Waals surface area contributed by atoms with Gasteiger partial charge in [0.25, 0.3) is 11.8 Å². The molecule has 1 saturated heterocycles. The number of methoxy groups -OCH3 is 2. The first-order valence-corrected chi connectivity index (χ1v) is 11.9. The Hall–Kier alpha value is -3.93. The lowest BCUT2D eigenvalue weighted by Gasteiger charge is -2.32. The predicted octanol–water partition coefficient (Wildman–Crippen LogP) is 2.75. The smallest absolute Gasteiger partial charge is 0.388 e. The van der Waals surface area contributed by atoms with Crippen LogP contribution in [0.25, 0.3) is 5.65 Å². The normalized spacial score (nSPS) is 14.9. The van der Waals surface area contributed by atoms with Gasteiger partial charge in [0.05, 0.1) is 37.7 Å². The molecule has 0 unspecified atom stereocenters. The van der Waals surface area contributed by atoms with Crippen molar-refractivity contribution >= 4 is 17.6 Å². The summed E-state index contributed by atoms with van der Waals surface area (Å²) in [6.45, 7) is 2.32. The number of aromatic nitrogens is 5. The van der Waals surface area contributed by atoms with Gasteiger partial charge in [0.1, 0.15) is 5.69 Å².